The van der Waals surface area contributed by atoms with Crippen LogP contribution in [0, 0.1) is 41.5 Å². The standard InChI is InChI=1S/C35H34O6.C34H38O6.C6H12N4.H2O/c1-20-11-28(14-23(17-36)31(20)39)34(4,5)26-7-9-27(10-8-26)35(6,29-12-21(2)32(40)24(15-29)18-37)30-13-22(3)33(41)25(16-30)19-38;1-19-12-27(14-22(17-35)30(19)38)34(6,28-13-20(2)31(39)23(15-28)18-36)25-9-7-24(8-10-25)33(4,5)26-11-21(3)32(40)29(37)16-26;1-7-2-9-4-8(1)5-10(3-7)6-9;/h7-19,39-41H,1-6H3;7-16,35-40H,17-18H2,1-6H3;1-6H2;1H2/p+2. The summed E-state index contributed by atoms with van der Waals surface area (Å²) in [7, 11) is 0. The Morgan fingerprint density at radius 1 is 0.337 bits per heavy atom. The Morgan fingerprint density at radius 3 is 0.859 bits per heavy atom. The first-order valence-electron chi connectivity index (χ1n) is 30.3. The van der Waals surface area contributed by atoms with Crippen LogP contribution in [0.4, 0.5) is 0 Å². The van der Waals surface area contributed by atoms with Gasteiger partial charge in [-0.1, -0.05) is 113 Å². The van der Waals surface area contributed by atoms with Gasteiger partial charge in [-0.05, 0) is 181 Å². The average Bonchev–Trinajstić information content (AvgIpc) is 0.751. The van der Waals surface area contributed by atoms with Gasteiger partial charge in [0.25, 0.3) is 0 Å². The zero-order valence-corrected chi connectivity index (χ0v) is 54.5. The SMILES string of the molecule is C1N2CN3CN1CN(C2)C3.Cc1cc(C(C)(C)c2ccc(C(C)(c3cc(C)c(O)c(C=O)c3)c3cc(C)c(O)c(C=O)c3)cc2)cc(C=O)c1O.Cc1cc(C(C)(C)c2ccc(C(C)(c3cc(C)c(O)c(CO)c3)c3cc(C)c(O)c(CO)c3)cc2)cc(O)c1O.O.[H+].[H+]. The number of aldehydes is 3. The molecule has 0 atom stereocenters. The molecule has 0 radical (unpaired) electrons. The largest absolute Gasteiger partial charge is 1.00 e. The topological polar surface area (TPSA) is 278 Å². The zero-order valence-electron chi connectivity index (χ0n) is 56.5. The maximum atomic E-state index is 11.8. The fraction of sp³-hybridized carbons (Fsp3) is 0.320. The minimum atomic E-state index is -0.880. The van der Waals surface area contributed by atoms with Crippen molar-refractivity contribution in [1.29, 1.82) is 0 Å². The van der Waals surface area contributed by atoms with Crippen molar-refractivity contribution >= 4 is 18.9 Å². The molecule has 0 amide bonds. The van der Waals surface area contributed by atoms with E-state index in [4.69, 9.17) is 0 Å². The summed E-state index contributed by atoms with van der Waals surface area (Å²) in [4.78, 5) is 45.1. The highest BCUT2D eigenvalue weighted by molar-refractivity contribution is 5.83. The number of phenols is 7. The van der Waals surface area contributed by atoms with E-state index >= 15 is 0 Å². The maximum absolute atomic E-state index is 11.8. The van der Waals surface area contributed by atoms with Crippen LogP contribution in [0.2, 0.25) is 0 Å². The van der Waals surface area contributed by atoms with Crippen LogP contribution in [0.25, 0.3) is 0 Å². The first-order chi connectivity index (χ1) is 42.9. The quantitative estimate of drug-likeness (QED) is 0.0262. The summed E-state index contributed by atoms with van der Waals surface area (Å²) in [6, 6.07) is 37.5. The Morgan fingerprint density at radius 2 is 0.576 bits per heavy atom. The van der Waals surface area contributed by atoms with Gasteiger partial charge in [-0.3, -0.25) is 34.0 Å². The van der Waals surface area contributed by atoms with Crippen molar-refractivity contribution < 1.29 is 68.7 Å². The van der Waals surface area contributed by atoms with Crippen LogP contribution >= 0.6 is 0 Å². The van der Waals surface area contributed by atoms with Crippen molar-refractivity contribution in [3.8, 4) is 40.2 Å². The molecule has 17 heteroatoms. The van der Waals surface area contributed by atoms with Crippen molar-refractivity contribution in [3.05, 3.63) is 238 Å². The lowest BCUT2D eigenvalue weighted by Gasteiger charge is -2.56. The Bertz CT molecular complexity index is 3910. The number of aliphatic hydroxyl groups is 2. The van der Waals surface area contributed by atoms with Crippen LogP contribution in [0.5, 0.6) is 40.2 Å². The molecule has 11 N–H and O–H groups in total. The molecule has 4 aliphatic rings. The van der Waals surface area contributed by atoms with Crippen molar-refractivity contribution in [1.82, 2.24) is 19.6 Å². The second kappa shape index (κ2) is 26.7. The number of aliphatic hydroxyl groups excluding tert-OH is 2. The number of benzene rings is 8. The molecule has 4 aliphatic heterocycles. The molecule has 0 unspecified atom stereocenters. The van der Waals surface area contributed by atoms with E-state index in [0.29, 0.717) is 63.4 Å². The molecule has 0 aromatic heterocycles. The number of hydrogen-bond acceptors (Lipinski definition) is 16. The Hall–Kier alpha value is -8.91. The first kappa shape index (κ1) is 69.0. The lowest BCUT2D eigenvalue weighted by atomic mass is 9.69. The van der Waals surface area contributed by atoms with Crippen LogP contribution in [-0.2, 0) is 34.9 Å². The molecule has 8 aromatic carbocycles. The predicted octanol–water partition coefficient (Wildman–Crippen LogP) is 11.3. The molecule has 8 aromatic rings. The summed E-state index contributed by atoms with van der Waals surface area (Å²) < 4.78 is 0. The van der Waals surface area contributed by atoms with E-state index in [9.17, 15) is 60.3 Å². The zero-order chi connectivity index (χ0) is 66.4. The van der Waals surface area contributed by atoms with Crippen LogP contribution in [0.3, 0.4) is 0 Å². The number of phenolic OH excluding ortho intramolecular Hbond substituents is 5. The third-order valence-corrected chi connectivity index (χ3v) is 19.3. The van der Waals surface area contributed by atoms with Crippen molar-refractivity contribution in [3.63, 3.8) is 0 Å². The highest BCUT2D eigenvalue weighted by Gasteiger charge is 2.39. The van der Waals surface area contributed by atoms with E-state index in [0.717, 1.165) is 55.6 Å². The van der Waals surface area contributed by atoms with Gasteiger partial charge in [-0.15, -0.1) is 0 Å². The molecule has 0 aliphatic carbocycles. The molecule has 17 nitrogen and oxygen atoms in total. The summed E-state index contributed by atoms with van der Waals surface area (Å²) in [6.07, 6.45) is 1.88. The summed E-state index contributed by atoms with van der Waals surface area (Å²) in [6.45, 7) is 29.3. The van der Waals surface area contributed by atoms with E-state index in [2.05, 4.69) is 40.4 Å². The van der Waals surface area contributed by atoms with Gasteiger partial charge in [-0.25, -0.2) is 0 Å². The van der Waals surface area contributed by atoms with Gasteiger partial charge in [-0.2, -0.15) is 0 Å². The van der Waals surface area contributed by atoms with E-state index in [1.54, 1.807) is 77.9 Å². The Labute approximate surface area is 541 Å². The van der Waals surface area contributed by atoms with Crippen LogP contribution in [0.1, 0.15) is 176 Å². The lowest BCUT2D eigenvalue weighted by Crippen LogP contribution is -2.71. The fourth-order valence-corrected chi connectivity index (χ4v) is 13.3. The number of aromatic hydroxyl groups is 7. The predicted molar refractivity (Wildman–Crippen MR) is 357 cm³/mol. The molecule has 4 bridgehead atoms. The molecule has 0 saturated carbocycles. The minimum Gasteiger partial charge on any atom is -0.507 e. The van der Waals surface area contributed by atoms with E-state index < -0.39 is 21.7 Å². The minimum absolute atomic E-state index is 0. The third-order valence-electron chi connectivity index (χ3n) is 19.3. The number of aryl methyl sites for hydroxylation is 6. The second-order valence-electron chi connectivity index (χ2n) is 26.3. The molecule has 484 valence electrons. The molecule has 12 rings (SSSR count). The normalized spacial score (nSPS) is 16.8. The first-order valence-corrected chi connectivity index (χ1v) is 30.3. The number of nitrogens with zero attached hydrogens (tertiary/aromatic N) is 4. The summed E-state index contributed by atoms with van der Waals surface area (Å²) in [5, 5.41) is 92.4. The summed E-state index contributed by atoms with van der Waals surface area (Å²) in [5.41, 5.74) is 10.9. The molecule has 4 fully saturated rings. The van der Waals surface area contributed by atoms with Gasteiger partial charge < -0.3 is 51.4 Å². The molecular formula is C75H88N4O13+2. The van der Waals surface area contributed by atoms with Gasteiger partial charge >= 0.3 is 2.85 Å². The highest BCUT2D eigenvalue weighted by Crippen LogP contribution is 2.47. The second-order valence-corrected chi connectivity index (χ2v) is 26.3. The summed E-state index contributed by atoms with van der Waals surface area (Å²) in [5.74, 6) is -0.369. The van der Waals surface area contributed by atoms with Gasteiger partial charge in [0.15, 0.2) is 30.4 Å². The van der Waals surface area contributed by atoms with Crippen LogP contribution in [0.15, 0.2) is 121 Å². The van der Waals surface area contributed by atoms with Crippen LogP contribution < -0.4 is 0 Å². The average molecular weight is 1250 g/mol. The van der Waals surface area contributed by atoms with E-state index in [1.807, 2.05) is 106 Å². The smallest absolute Gasteiger partial charge is 0.507 e. The molecule has 0 spiro atoms. The fourth-order valence-electron chi connectivity index (χ4n) is 13.3. The highest BCUT2D eigenvalue weighted by atomic mass is 16.3. The van der Waals surface area contributed by atoms with Gasteiger partial charge in [0, 0.05) is 32.8 Å². The molecule has 92 heavy (non-hydrogen) atoms. The van der Waals surface area contributed by atoms with E-state index in [1.165, 1.54) is 40.0 Å². The monoisotopic (exact) mass is 1250 g/mol. The third kappa shape index (κ3) is 12.9. The molecule has 4 saturated heterocycles. The number of rotatable bonds is 15. The van der Waals surface area contributed by atoms with Crippen molar-refractivity contribution in [2.75, 3.05) is 40.0 Å². The Kier molecular flexibility index (Phi) is 20.0. The lowest BCUT2D eigenvalue weighted by molar-refractivity contribution is -0.194. The summed E-state index contributed by atoms with van der Waals surface area (Å²) >= 11 is 0. The molecular weight excluding hydrogens is 1160 g/mol. The molecule has 4 heterocycles. The van der Waals surface area contributed by atoms with Crippen LogP contribution in [-0.4, -0.2) is 130 Å². The van der Waals surface area contributed by atoms with Gasteiger partial charge in [0.1, 0.15) is 28.7 Å². The van der Waals surface area contributed by atoms with Gasteiger partial charge in [0.05, 0.1) is 69.9 Å². The van der Waals surface area contributed by atoms with Gasteiger partial charge in [0.2, 0.25) is 0 Å². The number of carbonyl (C=O) groups is 3. The van der Waals surface area contributed by atoms with Crippen molar-refractivity contribution in [2.45, 2.75) is 118 Å². The van der Waals surface area contributed by atoms with E-state index in [-0.39, 0.29) is 78.5 Å². The maximum Gasteiger partial charge on any atom is 1.00 e. The number of carbonyl (C=O) groups excluding carboxylic acids is 3. The Balaban J connectivity index is 0.000000250. The van der Waals surface area contributed by atoms with Crippen molar-refractivity contribution in [2.24, 2.45) is 0 Å². The number of hydrogen-bond donors (Lipinski definition) is 9.